The Morgan fingerprint density at radius 1 is 1.12 bits per heavy atom. The van der Waals surface area contributed by atoms with Crippen molar-refractivity contribution in [2.24, 2.45) is 5.92 Å². The van der Waals surface area contributed by atoms with Crippen LogP contribution < -0.4 is 5.32 Å². The van der Waals surface area contributed by atoms with Crippen LogP contribution >= 0.6 is 0 Å². The summed E-state index contributed by atoms with van der Waals surface area (Å²) in [5, 5.41) is 3.78. The van der Waals surface area contributed by atoms with Crippen molar-refractivity contribution in [3.8, 4) is 0 Å². The molecular formula is C15H30N2. The van der Waals surface area contributed by atoms with Gasteiger partial charge in [0.05, 0.1) is 0 Å². The predicted octanol–water partition coefficient (Wildman–Crippen LogP) is 3.03. The Morgan fingerprint density at radius 3 is 2.29 bits per heavy atom. The van der Waals surface area contributed by atoms with Gasteiger partial charge in [-0.3, -0.25) is 4.90 Å². The topological polar surface area (TPSA) is 15.3 Å². The molecule has 1 aliphatic carbocycles. The molecule has 2 aliphatic rings. The van der Waals surface area contributed by atoms with Crippen molar-refractivity contribution in [1.82, 2.24) is 10.2 Å². The van der Waals surface area contributed by atoms with Crippen molar-refractivity contribution >= 4 is 0 Å². The molecule has 3 atom stereocenters. The smallest absolute Gasteiger partial charge is 0.0223 e. The van der Waals surface area contributed by atoms with E-state index in [2.05, 4.69) is 31.0 Å². The number of rotatable bonds is 6. The zero-order chi connectivity index (χ0) is 12.3. The number of hydrogen-bond donors (Lipinski definition) is 1. The lowest BCUT2D eigenvalue weighted by molar-refractivity contribution is 0.0875. The number of nitrogens with zero attached hydrogens (tertiary/aromatic N) is 1. The first-order valence-electron chi connectivity index (χ1n) is 7.71. The largest absolute Gasteiger partial charge is 0.312 e. The van der Waals surface area contributed by atoms with E-state index in [1.807, 2.05) is 0 Å². The van der Waals surface area contributed by atoms with Gasteiger partial charge in [-0.05, 0) is 58.4 Å². The van der Waals surface area contributed by atoms with Crippen molar-refractivity contribution in [1.29, 1.82) is 0 Å². The quantitative estimate of drug-likeness (QED) is 0.765. The summed E-state index contributed by atoms with van der Waals surface area (Å²) in [6, 6.07) is 2.35. The predicted molar refractivity (Wildman–Crippen MR) is 74.3 cm³/mol. The third-order valence-electron chi connectivity index (χ3n) is 4.63. The highest BCUT2D eigenvalue weighted by atomic mass is 15.2. The Labute approximate surface area is 107 Å². The molecule has 17 heavy (non-hydrogen) atoms. The fourth-order valence-corrected chi connectivity index (χ4v) is 3.27. The zero-order valence-electron chi connectivity index (χ0n) is 11.9. The van der Waals surface area contributed by atoms with Crippen LogP contribution in [-0.4, -0.2) is 36.1 Å². The standard InChI is InChI=1S/C15H30N2/c1-4-10-16-15(14-8-9-14)11-17-12(2)6-5-7-13(17)3/h12-16H,4-11H2,1-3H3. The molecule has 1 saturated carbocycles. The molecule has 2 rings (SSSR count). The van der Waals surface area contributed by atoms with Gasteiger partial charge in [0.1, 0.15) is 0 Å². The van der Waals surface area contributed by atoms with Crippen LogP contribution in [0.5, 0.6) is 0 Å². The molecule has 0 bridgehead atoms. The average Bonchev–Trinajstić information content (AvgIpc) is 3.12. The van der Waals surface area contributed by atoms with Crippen molar-refractivity contribution in [2.45, 2.75) is 77.4 Å². The van der Waals surface area contributed by atoms with E-state index in [9.17, 15) is 0 Å². The molecular weight excluding hydrogens is 208 g/mol. The number of hydrogen-bond acceptors (Lipinski definition) is 2. The van der Waals surface area contributed by atoms with Crippen molar-refractivity contribution in [2.75, 3.05) is 13.1 Å². The molecule has 0 aromatic rings. The van der Waals surface area contributed by atoms with E-state index in [-0.39, 0.29) is 0 Å². The summed E-state index contributed by atoms with van der Waals surface area (Å²) in [4.78, 5) is 2.76. The molecule has 1 N–H and O–H groups in total. The van der Waals surface area contributed by atoms with E-state index in [1.54, 1.807) is 0 Å². The van der Waals surface area contributed by atoms with Gasteiger partial charge in [-0.15, -0.1) is 0 Å². The van der Waals surface area contributed by atoms with E-state index in [4.69, 9.17) is 0 Å². The van der Waals surface area contributed by atoms with Gasteiger partial charge in [0.25, 0.3) is 0 Å². The van der Waals surface area contributed by atoms with Gasteiger partial charge in [-0.2, -0.15) is 0 Å². The van der Waals surface area contributed by atoms with Crippen molar-refractivity contribution in [3.63, 3.8) is 0 Å². The first-order valence-corrected chi connectivity index (χ1v) is 7.71. The van der Waals surface area contributed by atoms with Gasteiger partial charge >= 0.3 is 0 Å². The number of nitrogens with one attached hydrogen (secondary N) is 1. The first-order chi connectivity index (χ1) is 8.22. The fourth-order valence-electron chi connectivity index (χ4n) is 3.27. The maximum absolute atomic E-state index is 3.78. The summed E-state index contributed by atoms with van der Waals surface area (Å²) in [5.74, 6) is 0.975. The molecule has 0 amide bonds. The molecule has 0 spiro atoms. The van der Waals surface area contributed by atoms with Crippen LogP contribution in [-0.2, 0) is 0 Å². The maximum Gasteiger partial charge on any atom is 0.0223 e. The van der Waals surface area contributed by atoms with E-state index in [0.29, 0.717) is 0 Å². The number of piperidine rings is 1. The highest BCUT2D eigenvalue weighted by molar-refractivity contribution is 4.91. The summed E-state index contributed by atoms with van der Waals surface area (Å²) < 4.78 is 0. The van der Waals surface area contributed by atoms with Crippen LogP contribution in [0.15, 0.2) is 0 Å². The molecule has 2 fully saturated rings. The van der Waals surface area contributed by atoms with Gasteiger partial charge in [0.2, 0.25) is 0 Å². The highest BCUT2D eigenvalue weighted by Crippen LogP contribution is 2.34. The Morgan fingerprint density at radius 2 is 1.76 bits per heavy atom. The van der Waals surface area contributed by atoms with Crippen LogP contribution in [0.1, 0.15) is 59.3 Å². The minimum absolute atomic E-state index is 0.762. The van der Waals surface area contributed by atoms with E-state index in [1.165, 1.54) is 51.6 Å². The Balaban J connectivity index is 1.86. The van der Waals surface area contributed by atoms with Gasteiger partial charge in [0, 0.05) is 24.7 Å². The molecule has 100 valence electrons. The Hall–Kier alpha value is -0.0800. The molecule has 1 saturated heterocycles. The second-order valence-electron chi connectivity index (χ2n) is 6.22. The van der Waals surface area contributed by atoms with Crippen LogP contribution in [0.4, 0.5) is 0 Å². The van der Waals surface area contributed by atoms with E-state index < -0.39 is 0 Å². The Kier molecular flexibility index (Phi) is 4.87. The molecule has 2 heteroatoms. The molecule has 0 radical (unpaired) electrons. The molecule has 1 aliphatic heterocycles. The third-order valence-corrected chi connectivity index (χ3v) is 4.63. The summed E-state index contributed by atoms with van der Waals surface area (Å²) in [5.41, 5.74) is 0. The number of likely N-dealkylation sites (tertiary alicyclic amines) is 1. The van der Waals surface area contributed by atoms with Crippen molar-refractivity contribution < 1.29 is 0 Å². The molecule has 0 aromatic heterocycles. The summed E-state index contributed by atoms with van der Waals surface area (Å²) in [6.07, 6.45) is 8.39. The zero-order valence-corrected chi connectivity index (χ0v) is 11.9. The van der Waals surface area contributed by atoms with Crippen molar-refractivity contribution in [3.05, 3.63) is 0 Å². The lowest BCUT2D eigenvalue weighted by Crippen LogP contribution is -2.51. The molecule has 1 heterocycles. The first kappa shape index (κ1) is 13.4. The molecule has 3 unspecified atom stereocenters. The van der Waals surface area contributed by atoms with Crippen LogP contribution in [0, 0.1) is 5.92 Å². The lowest BCUT2D eigenvalue weighted by Gasteiger charge is -2.41. The monoisotopic (exact) mass is 238 g/mol. The summed E-state index contributed by atoms with van der Waals surface area (Å²) in [6.45, 7) is 9.58. The SMILES string of the molecule is CCCNC(CN1C(C)CCCC1C)C1CC1. The third kappa shape index (κ3) is 3.69. The second-order valence-corrected chi connectivity index (χ2v) is 6.22. The summed E-state index contributed by atoms with van der Waals surface area (Å²) in [7, 11) is 0. The maximum atomic E-state index is 3.78. The van der Waals surface area contributed by atoms with Gasteiger partial charge < -0.3 is 5.32 Å². The van der Waals surface area contributed by atoms with Crippen LogP contribution in [0.2, 0.25) is 0 Å². The molecule has 0 aromatic carbocycles. The van der Waals surface area contributed by atoms with Crippen LogP contribution in [0.3, 0.4) is 0 Å². The normalized spacial score (nSPS) is 32.6. The average molecular weight is 238 g/mol. The minimum Gasteiger partial charge on any atom is -0.312 e. The second kappa shape index (κ2) is 6.19. The van der Waals surface area contributed by atoms with Gasteiger partial charge in [0.15, 0.2) is 0 Å². The summed E-state index contributed by atoms with van der Waals surface area (Å²) >= 11 is 0. The lowest BCUT2D eigenvalue weighted by atomic mass is 9.96. The van der Waals surface area contributed by atoms with Gasteiger partial charge in [-0.1, -0.05) is 13.3 Å². The van der Waals surface area contributed by atoms with E-state index in [0.717, 1.165) is 24.0 Å². The van der Waals surface area contributed by atoms with Crippen LogP contribution in [0.25, 0.3) is 0 Å². The fraction of sp³-hybridized carbons (Fsp3) is 1.00. The van der Waals surface area contributed by atoms with E-state index >= 15 is 0 Å². The minimum atomic E-state index is 0.762. The highest BCUT2D eigenvalue weighted by Gasteiger charge is 2.34. The van der Waals surface area contributed by atoms with Gasteiger partial charge in [-0.25, -0.2) is 0 Å². The Bertz CT molecular complexity index is 215. The molecule has 2 nitrogen and oxygen atoms in total.